The average Bonchev–Trinajstić information content (AvgIpc) is 3.08. The van der Waals surface area contributed by atoms with Gasteiger partial charge in [-0.2, -0.15) is 4.98 Å². The number of fused-ring (bicyclic) bond motifs is 1. The molecule has 2 heterocycles. The second-order valence-corrected chi connectivity index (χ2v) is 7.06. The van der Waals surface area contributed by atoms with Crippen molar-refractivity contribution in [1.82, 2.24) is 15.3 Å². The molecule has 2 atom stereocenters. The summed E-state index contributed by atoms with van der Waals surface area (Å²) in [6.45, 7) is 1.40. The van der Waals surface area contributed by atoms with E-state index in [1.54, 1.807) is 0 Å². The van der Waals surface area contributed by atoms with Gasteiger partial charge in [0.05, 0.1) is 11.7 Å². The third-order valence-corrected chi connectivity index (χ3v) is 5.36. The zero-order chi connectivity index (χ0) is 18.1. The Bertz CT molecular complexity index is 811. The number of aromatic nitrogens is 2. The molecule has 2 aliphatic rings. The number of nitrogen functional groups attached to an aromatic ring is 1. The smallest absolute Gasteiger partial charge is 0.404 e. The van der Waals surface area contributed by atoms with E-state index in [4.69, 9.17) is 10.8 Å². The van der Waals surface area contributed by atoms with Crippen molar-refractivity contribution in [3.05, 3.63) is 47.2 Å². The molecule has 0 radical (unpaired) electrons. The number of nitrogens with one attached hydrogen (secondary N) is 1. The first-order chi connectivity index (χ1) is 12.6. The fourth-order valence-electron chi connectivity index (χ4n) is 4.13. The van der Waals surface area contributed by atoms with Gasteiger partial charge < -0.3 is 21.1 Å². The molecule has 136 valence electrons. The highest BCUT2D eigenvalue weighted by molar-refractivity contribution is 5.65. The molecule has 26 heavy (non-hydrogen) atoms. The number of nitrogens with two attached hydrogens (primary N) is 1. The lowest BCUT2D eigenvalue weighted by Crippen LogP contribution is -2.36. The molecule has 0 spiro atoms. The van der Waals surface area contributed by atoms with E-state index >= 15 is 0 Å². The molecule has 4 rings (SSSR count). The summed E-state index contributed by atoms with van der Waals surface area (Å²) < 4.78 is 0. The number of anilines is 2. The lowest BCUT2D eigenvalue weighted by Gasteiger charge is -2.29. The Morgan fingerprint density at radius 2 is 2.04 bits per heavy atom. The number of benzene rings is 1. The van der Waals surface area contributed by atoms with Gasteiger partial charge in [0.1, 0.15) is 5.82 Å². The highest BCUT2D eigenvalue weighted by Gasteiger charge is 2.30. The van der Waals surface area contributed by atoms with Crippen molar-refractivity contribution in [2.24, 2.45) is 0 Å². The summed E-state index contributed by atoms with van der Waals surface area (Å²) in [7, 11) is 0. The molecule has 7 nitrogen and oxygen atoms in total. The maximum absolute atomic E-state index is 10.9. The van der Waals surface area contributed by atoms with Crippen LogP contribution in [-0.4, -0.2) is 40.3 Å². The van der Waals surface area contributed by atoms with Crippen molar-refractivity contribution in [2.75, 3.05) is 23.7 Å². The normalized spacial score (nSPS) is 22.1. The predicted molar refractivity (Wildman–Crippen MR) is 99.4 cm³/mol. The molecule has 2 aromatic rings. The minimum absolute atomic E-state index is 0.0694. The number of hydrogen-bond donors (Lipinski definition) is 3. The molecule has 2 unspecified atom stereocenters. The second-order valence-electron chi connectivity index (χ2n) is 7.06. The topological polar surface area (TPSA) is 104 Å². The maximum Gasteiger partial charge on any atom is 0.404 e. The summed E-state index contributed by atoms with van der Waals surface area (Å²) in [6.07, 6.45) is 2.63. The Kier molecular flexibility index (Phi) is 4.36. The standard InChI is InChI=1S/C19H23N5O2/c20-18-22-16-10-13(12-4-2-1-3-5-12)6-7-15(16)17(23-18)24-9-8-14(11-24)21-19(25)26/h1-5,13-14,21H,6-11H2,(H,25,26)(H2,20,22,23). The fraction of sp³-hybridized carbons (Fsp3) is 0.421. The Morgan fingerprint density at radius 3 is 2.81 bits per heavy atom. The first-order valence-corrected chi connectivity index (χ1v) is 9.05. The summed E-state index contributed by atoms with van der Waals surface area (Å²) >= 11 is 0. The quantitative estimate of drug-likeness (QED) is 0.781. The van der Waals surface area contributed by atoms with Gasteiger partial charge in [-0.3, -0.25) is 0 Å². The molecule has 1 amide bonds. The van der Waals surface area contributed by atoms with Gasteiger partial charge in [0.25, 0.3) is 0 Å². The Hall–Kier alpha value is -2.83. The fourth-order valence-corrected chi connectivity index (χ4v) is 4.13. The molecule has 7 heteroatoms. The predicted octanol–water partition coefficient (Wildman–Crippen LogP) is 2.18. The van der Waals surface area contributed by atoms with Crippen LogP contribution in [0.1, 0.15) is 35.6 Å². The molecule has 1 aliphatic carbocycles. The minimum Gasteiger partial charge on any atom is -0.465 e. The van der Waals surface area contributed by atoms with Gasteiger partial charge in [-0.05, 0) is 37.2 Å². The van der Waals surface area contributed by atoms with Gasteiger partial charge in [-0.1, -0.05) is 30.3 Å². The summed E-state index contributed by atoms with van der Waals surface area (Å²) in [4.78, 5) is 22.0. The van der Waals surface area contributed by atoms with Crippen molar-refractivity contribution in [2.45, 2.75) is 37.6 Å². The number of carboxylic acid groups (broad SMARTS) is 1. The molecule has 1 aromatic carbocycles. The average molecular weight is 353 g/mol. The Labute approximate surface area is 152 Å². The highest BCUT2D eigenvalue weighted by Crippen LogP contribution is 2.36. The van der Waals surface area contributed by atoms with E-state index in [1.807, 2.05) is 6.07 Å². The third-order valence-electron chi connectivity index (χ3n) is 5.36. The monoisotopic (exact) mass is 353 g/mol. The second kappa shape index (κ2) is 6.82. The maximum atomic E-state index is 10.9. The molecule has 1 aromatic heterocycles. The van der Waals surface area contributed by atoms with E-state index in [1.165, 1.54) is 11.1 Å². The summed E-state index contributed by atoms with van der Waals surface area (Å²) in [5, 5.41) is 11.5. The Balaban J connectivity index is 1.58. The Morgan fingerprint density at radius 1 is 1.23 bits per heavy atom. The molecule has 4 N–H and O–H groups in total. The number of hydrogen-bond acceptors (Lipinski definition) is 5. The van der Waals surface area contributed by atoms with Gasteiger partial charge in [-0.15, -0.1) is 0 Å². The van der Waals surface area contributed by atoms with E-state index in [9.17, 15) is 4.79 Å². The zero-order valence-electron chi connectivity index (χ0n) is 14.6. The van der Waals surface area contributed by atoms with Gasteiger partial charge in [0.2, 0.25) is 5.95 Å². The number of nitrogens with zero attached hydrogens (tertiary/aromatic N) is 3. The summed E-state index contributed by atoms with van der Waals surface area (Å²) in [5.74, 6) is 1.63. The largest absolute Gasteiger partial charge is 0.465 e. The van der Waals surface area contributed by atoms with Crippen molar-refractivity contribution in [3.63, 3.8) is 0 Å². The van der Waals surface area contributed by atoms with E-state index in [0.29, 0.717) is 18.4 Å². The molecule has 1 aliphatic heterocycles. The lowest BCUT2D eigenvalue weighted by atomic mass is 9.82. The molecular formula is C19H23N5O2. The van der Waals surface area contributed by atoms with Crippen LogP contribution in [0.3, 0.4) is 0 Å². The van der Waals surface area contributed by atoms with E-state index in [2.05, 4.69) is 44.5 Å². The van der Waals surface area contributed by atoms with Crippen molar-refractivity contribution in [1.29, 1.82) is 0 Å². The van der Waals surface area contributed by atoms with Crippen LogP contribution >= 0.6 is 0 Å². The van der Waals surface area contributed by atoms with Crippen molar-refractivity contribution in [3.8, 4) is 0 Å². The first-order valence-electron chi connectivity index (χ1n) is 9.05. The van der Waals surface area contributed by atoms with Crippen LogP contribution in [0.15, 0.2) is 30.3 Å². The van der Waals surface area contributed by atoms with Crippen LogP contribution < -0.4 is 16.0 Å². The molecule has 1 fully saturated rings. The third kappa shape index (κ3) is 3.29. The van der Waals surface area contributed by atoms with Crippen LogP contribution in [0.4, 0.5) is 16.6 Å². The van der Waals surface area contributed by atoms with E-state index < -0.39 is 6.09 Å². The molecule has 0 saturated carbocycles. The minimum atomic E-state index is -0.980. The number of carbonyl (C=O) groups is 1. The highest BCUT2D eigenvalue weighted by atomic mass is 16.4. The van der Waals surface area contributed by atoms with Gasteiger partial charge in [0.15, 0.2) is 0 Å². The summed E-state index contributed by atoms with van der Waals surface area (Å²) in [5.41, 5.74) is 9.53. The molecular weight excluding hydrogens is 330 g/mol. The van der Waals surface area contributed by atoms with Crippen LogP contribution in [0.2, 0.25) is 0 Å². The van der Waals surface area contributed by atoms with Crippen LogP contribution in [0.5, 0.6) is 0 Å². The van der Waals surface area contributed by atoms with Gasteiger partial charge in [-0.25, -0.2) is 9.78 Å². The molecule has 1 saturated heterocycles. The SMILES string of the molecule is Nc1nc2c(c(N3CCC(NC(=O)O)C3)n1)CCC(c1ccccc1)C2. The number of rotatable bonds is 3. The number of amides is 1. The lowest BCUT2D eigenvalue weighted by molar-refractivity contribution is 0.191. The first kappa shape index (κ1) is 16.6. The van der Waals surface area contributed by atoms with E-state index in [0.717, 1.165) is 43.7 Å². The van der Waals surface area contributed by atoms with Crippen LogP contribution in [0.25, 0.3) is 0 Å². The van der Waals surface area contributed by atoms with Gasteiger partial charge >= 0.3 is 6.09 Å². The summed E-state index contributed by atoms with van der Waals surface area (Å²) in [6, 6.07) is 10.5. The van der Waals surface area contributed by atoms with Crippen LogP contribution in [0, 0.1) is 0 Å². The van der Waals surface area contributed by atoms with Gasteiger partial charge in [0, 0.05) is 18.7 Å². The zero-order valence-corrected chi connectivity index (χ0v) is 14.6. The molecule has 0 bridgehead atoms. The van der Waals surface area contributed by atoms with E-state index in [-0.39, 0.29) is 6.04 Å². The van der Waals surface area contributed by atoms with Crippen LogP contribution in [-0.2, 0) is 12.8 Å². The van der Waals surface area contributed by atoms with Crippen molar-refractivity contribution < 1.29 is 9.90 Å². The van der Waals surface area contributed by atoms with Crippen molar-refractivity contribution >= 4 is 17.9 Å².